The predicted octanol–water partition coefficient (Wildman–Crippen LogP) is 2.63. The first-order chi connectivity index (χ1) is 11.5. The lowest BCUT2D eigenvalue weighted by Gasteiger charge is -2.23. The SMILES string of the molecule is C[C@@H](OC[C@H]1CCCCO1)C(=O)Nc1nc2cc(F)ccc2n1C. The van der Waals surface area contributed by atoms with Crippen LogP contribution in [-0.4, -0.2) is 40.9 Å². The highest BCUT2D eigenvalue weighted by molar-refractivity contribution is 5.94. The molecule has 0 spiro atoms. The number of ether oxygens (including phenoxy) is 2. The largest absolute Gasteiger partial charge is 0.376 e. The van der Waals surface area contributed by atoms with Crippen molar-refractivity contribution in [2.75, 3.05) is 18.5 Å². The lowest BCUT2D eigenvalue weighted by atomic mass is 10.1. The summed E-state index contributed by atoms with van der Waals surface area (Å²) in [6.45, 7) is 2.86. The molecule has 0 saturated carbocycles. The summed E-state index contributed by atoms with van der Waals surface area (Å²) in [6, 6.07) is 4.34. The van der Waals surface area contributed by atoms with Gasteiger partial charge in [-0.3, -0.25) is 10.1 Å². The number of benzene rings is 1. The maximum Gasteiger partial charge on any atom is 0.255 e. The predicted molar refractivity (Wildman–Crippen MR) is 88.3 cm³/mol. The molecule has 3 rings (SSSR count). The van der Waals surface area contributed by atoms with E-state index >= 15 is 0 Å². The van der Waals surface area contributed by atoms with E-state index in [4.69, 9.17) is 9.47 Å². The molecule has 6 nitrogen and oxygen atoms in total. The molecule has 1 aliphatic heterocycles. The van der Waals surface area contributed by atoms with Crippen LogP contribution in [0.2, 0.25) is 0 Å². The van der Waals surface area contributed by atoms with E-state index in [1.165, 1.54) is 12.1 Å². The van der Waals surface area contributed by atoms with Crippen LogP contribution in [0.1, 0.15) is 26.2 Å². The fourth-order valence-corrected chi connectivity index (χ4v) is 2.76. The van der Waals surface area contributed by atoms with Crippen molar-refractivity contribution in [3.63, 3.8) is 0 Å². The molecule has 130 valence electrons. The topological polar surface area (TPSA) is 65.4 Å². The second kappa shape index (κ2) is 7.27. The van der Waals surface area contributed by atoms with Gasteiger partial charge in [-0.15, -0.1) is 0 Å². The van der Waals surface area contributed by atoms with Crippen molar-refractivity contribution in [1.29, 1.82) is 0 Å². The third-order valence-electron chi connectivity index (χ3n) is 4.25. The quantitative estimate of drug-likeness (QED) is 0.912. The number of hydrogen-bond donors (Lipinski definition) is 1. The van der Waals surface area contributed by atoms with Crippen molar-refractivity contribution >= 4 is 22.9 Å². The third-order valence-corrected chi connectivity index (χ3v) is 4.25. The number of nitrogens with zero attached hydrogens (tertiary/aromatic N) is 2. The standard InChI is InChI=1S/C17H22FN3O3/c1-11(24-10-13-5-3-4-8-23-13)16(22)20-17-19-14-9-12(18)6-7-15(14)21(17)2/h6-7,9,11,13H,3-5,8,10H2,1-2H3,(H,19,20,22)/t11-,13-/m1/s1. The van der Waals surface area contributed by atoms with Gasteiger partial charge < -0.3 is 14.0 Å². The van der Waals surface area contributed by atoms with E-state index in [9.17, 15) is 9.18 Å². The monoisotopic (exact) mass is 335 g/mol. The van der Waals surface area contributed by atoms with Crippen LogP contribution in [0.3, 0.4) is 0 Å². The van der Waals surface area contributed by atoms with Crippen LogP contribution in [0.5, 0.6) is 0 Å². The summed E-state index contributed by atoms with van der Waals surface area (Å²) in [5, 5.41) is 2.73. The van der Waals surface area contributed by atoms with Crippen LogP contribution in [0.15, 0.2) is 18.2 Å². The Kier molecular flexibility index (Phi) is 5.11. The molecule has 24 heavy (non-hydrogen) atoms. The summed E-state index contributed by atoms with van der Waals surface area (Å²) in [4.78, 5) is 16.5. The molecule has 1 aliphatic rings. The van der Waals surface area contributed by atoms with Crippen LogP contribution in [0, 0.1) is 5.82 Å². The molecule has 1 aromatic heterocycles. The Morgan fingerprint density at radius 2 is 2.38 bits per heavy atom. The molecule has 0 unspecified atom stereocenters. The van der Waals surface area contributed by atoms with Crippen molar-refractivity contribution in [3.8, 4) is 0 Å². The van der Waals surface area contributed by atoms with Crippen LogP contribution >= 0.6 is 0 Å². The van der Waals surface area contributed by atoms with Gasteiger partial charge in [-0.1, -0.05) is 0 Å². The van der Waals surface area contributed by atoms with E-state index < -0.39 is 6.10 Å². The molecule has 1 amide bonds. The number of imidazole rings is 1. The first-order valence-electron chi connectivity index (χ1n) is 8.20. The molecule has 1 N–H and O–H groups in total. The molecular formula is C17H22FN3O3. The molecule has 7 heteroatoms. The Morgan fingerprint density at radius 3 is 3.12 bits per heavy atom. The summed E-state index contributed by atoms with van der Waals surface area (Å²) in [6.07, 6.45) is 2.62. The first kappa shape index (κ1) is 16.9. The van der Waals surface area contributed by atoms with E-state index in [1.54, 1.807) is 24.6 Å². The summed E-state index contributed by atoms with van der Waals surface area (Å²) in [5.41, 5.74) is 1.24. The third kappa shape index (κ3) is 3.73. The van der Waals surface area contributed by atoms with Crippen molar-refractivity contribution in [1.82, 2.24) is 9.55 Å². The molecule has 1 fully saturated rings. The highest BCUT2D eigenvalue weighted by Crippen LogP contribution is 2.19. The van der Waals surface area contributed by atoms with Gasteiger partial charge in [0.05, 0.1) is 23.7 Å². The van der Waals surface area contributed by atoms with Crippen molar-refractivity contribution in [2.45, 2.75) is 38.4 Å². The van der Waals surface area contributed by atoms with Crippen molar-refractivity contribution < 1.29 is 18.7 Å². The Bertz CT molecular complexity index is 725. The van der Waals surface area contributed by atoms with E-state index in [0.717, 1.165) is 31.4 Å². The van der Waals surface area contributed by atoms with Crippen LogP contribution in [0.4, 0.5) is 10.3 Å². The maximum absolute atomic E-state index is 13.3. The lowest BCUT2D eigenvalue weighted by Crippen LogP contribution is -2.33. The van der Waals surface area contributed by atoms with E-state index in [2.05, 4.69) is 10.3 Å². The maximum atomic E-state index is 13.3. The van der Waals surface area contributed by atoms with E-state index in [0.29, 0.717) is 18.1 Å². The second-order valence-electron chi connectivity index (χ2n) is 6.08. The fourth-order valence-electron chi connectivity index (χ4n) is 2.76. The Balaban J connectivity index is 1.60. The van der Waals surface area contributed by atoms with E-state index in [-0.39, 0.29) is 17.8 Å². The highest BCUT2D eigenvalue weighted by atomic mass is 19.1. The number of anilines is 1. The summed E-state index contributed by atoms with van der Waals surface area (Å²) < 4.78 is 26.2. The number of nitrogens with one attached hydrogen (secondary N) is 1. The number of hydrogen-bond acceptors (Lipinski definition) is 4. The molecule has 1 saturated heterocycles. The molecule has 0 aliphatic carbocycles. The summed E-state index contributed by atoms with van der Waals surface area (Å²) in [7, 11) is 1.77. The molecule has 1 aromatic carbocycles. The summed E-state index contributed by atoms with van der Waals surface area (Å²) >= 11 is 0. The number of rotatable bonds is 5. The van der Waals surface area contributed by atoms with Gasteiger partial charge in [-0.05, 0) is 38.3 Å². The smallest absolute Gasteiger partial charge is 0.255 e. The fraction of sp³-hybridized carbons (Fsp3) is 0.529. The Hall–Kier alpha value is -1.99. The number of aromatic nitrogens is 2. The van der Waals surface area contributed by atoms with Gasteiger partial charge >= 0.3 is 0 Å². The number of amides is 1. The van der Waals surface area contributed by atoms with Gasteiger partial charge in [0, 0.05) is 19.7 Å². The van der Waals surface area contributed by atoms with E-state index in [1.807, 2.05) is 0 Å². The minimum absolute atomic E-state index is 0.0627. The van der Waals surface area contributed by atoms with Crippen LogP contribution in [0.25, 0.3) is 11.0 Å². The zero-order valence-corrected chi connectivity index (χ0v) is 13.9. The minimum atomic E-state index is -0.618. The molecule has 2 atom stereocenters. The van der Waals surface area contributed by atoms with Gasteiger partial charge in [-0.2, -0.15) is 0 Å². The number of fused-ring (bicyclic) bond motifs is 1. The average Bonchev–Trinajstić information content (AvgIpc) is 2.88. The normalized spacial score (nSPS) is 19.4. The van der Waals surface area contributed by atoms with Crippen LogP contribution < -0.4 is 5.32 Å². The van der Waals surface area contributed by atoms with Gasteiger partial charge in [0.15, 0.2) is 0 Å². The van der Waals surface area contributed by atoms with Crippen molar-refractivity contribution in [2.24, 2.45) is 7.05 Å². The second-order valence-corrected chi connectivity index (χ2v) is 6.08. The number of carbonyl (C=O) groups excluding carboxylic acids is 1. The summed E-state index contributed by atoms with van der Waals surface area (Å²) in [5.74, 6) is -0.280. The Morgan fingerprint density at radius 1 is 1.54 bits per heavy atom. The zero-order valence-electron chi connectivity index (χ0n) is 13.9. The average molecular weight is 335 g/mol. The molecular weight excluding hydrogens is 313 g/mol. The Labute approximate surface area is 139 Å². The molecule has 0 bridgehead atoms. The van der Waals surface area contributed by atoms with Gasteiger partial charge in [-0.25, -0.2) is 9.37 Å². The lowest BCUT2D eigenvalue weighted by molar-refractivity contribution is -0.130. The number of aryl methyl sites for hydroxylation is 1. The zero-order chi connectivity index (χ0) is 17.1. The van der Waals surface area contributed by atoms with Gasteiger partial charge in [0.1, 0.15) is 11.9 Å². The van der Waals surface area contributed by atoms with Gasteiger partial charge in [0.2, 0.25) is 5.95 Å². The molecule has 0 radical (unpaired) electrons. The van der Waals surface area contributed by atoms with Crippen molar-refractivity contribution in [3.05, 3.63) is 24.0 Å². The van der Waals surface area contributed by atoms with Crippen LogP contribution in [-0.2, 0) is 21.3 Å². The first-order valence-corrected chi connectivity index (χ1v) is 8.20. The number of carbonyl (C=O) groups is 1. The highest BCUT2D eigenvalue weighted by Gasteiger charge is 2.20. The number of halogens is 1. The molecule has 2 heterocycles. The molecule has 2 aromatic rings. The van der Waals surface area contributed by atoms with Gasteiger partial charge in [0.25, 0.3) is 5.91 Å². The minimum Gasteiger partial charge on any atom is -0.376 e.